The molecule has 3 aromatic rings. The van der Waals surface area contributed by atoms with Crippen molar-refractivity contribution in [3.63, 3.8) is 0 Å². The van der Waals surface area contributed by atoms with E-state index < -0.39 is 19.9 Å². The van der Waals surface area contributed by atoms with Crippen LogP contribution in [0, 0.1) is 12.8 Å². The molecule has 1 fully saturated rings. The predicted molar refractivity (Wildman–Crippen MR) is 145 cm³/mol. The van der Waals surface area contributed by atoms with Gasteiger partial charge in [-0.1, -0.05) is 26.6 Å². The second-order valence-electron chi connectivity index (χ2n) is 11.3. The third kappa shape index (κ3) is 6.01. The van der Waals surface area contributed by atoms with E-state index in [0.717, 1.165) is 30.3 Å². The summed E-state index contributed by atoms with van der Waals surface area (Å²) >= 11 is 0. The molecule has 0 bridgehead atoms. The Labute approximate surface area is 218 Å². The number of piperidine rings is 1. The van der Waals surface area contributed by atoms with Gasteiger partial charge in [0.15, 0.2) is 0 Å². The van der Waals surface area contributed by atoms with Gasteiger partial charge in [-0.25, -0.2) is 9.67 Å². The molecule has 4 heterocycles. The summed E-state index contributed by atoms with van der Waals surface area (Å²) in [6.07, 6.45) is 4.81. The van der Waals surface area contributed by atoms with Crippen molar-refractivity contribution in [2.45, 2.75) is 65.1 Å². The molecule has 11 nitrogen and oxygen atoms in total. The van der Waals surface area contributed by atoms with Gasteiger partial charge in [0.05, 0.1) is 46.4 Å². The molecular weight excluding hydrogens is 488 g/mol. The number of pyridine rings is 1. The topological polar surface area (TPSA) is 133 Å². The Balaban J connectivity index is 1.55. The average molecular weight is 527 g/mol. The molecule has 0 spiro atoms. The van der Waals surface area contributed by atoms with Crippen LogP contribution in [0.4, 0.5) is 11.5 Å². The minimum atomic E-state index is -1.23. The largest absolute Gasteiger partial charge is 0.383 e. The van der Waals surface area contributed by atoms with Crippen LogP contribution in [0.2, 0.25) is 25.7 Å². The van der Waals surface area contributed by atoms with Crippen LogP contribution in [0.1, 0.15) is 37.2 Å². The number of fused-ring (bicyclic) bond motifs is 1. The first-order valence-corrected chi connectivity index (χ1v) is 16.5. The maximum Gasteiger partial charge on any atom is 0.314 e. The average Bonchev–Trinajstić information content (AvgIpc) is 3.40. The minimum absolute atomic E-state index is 0.208. The Bertz CT molecular complexity index is 1300. The Hall–Kier alpha value is -3.25. The van der Waals surface area contributed by atoms with Crippen LogP contribution >= 0.6 is 0 Å². The Morgan fingerprint density at radius 3 is 2.68 bits per heavy atom. The monoisotopic (exact) mass is 526 g/mol. The van der Waals surface area contributed by atoms with E-state index in [1.54, 1.807) is 20.5 Å². The quantitative estimate of drug-likeness (QED) is 0.274. The number of likely N-dealkylation sites (tertiary alicyclic amines) is 1. The second-order valence-corrected chi connectivity index (χ2v) is 16.9. The van der Waals surface area contributed by atoms with E-state index in [1.807, 2.05) is 20.0 Å². The van der Waals surface area contributed by atoms with E-state index >= 15 is 0 Å². The summed E-state index contributed by atoms with van der Waals surface area (Å²) in [5.41, 5.74) is 8.82. The number of rotatable bonds is 7. The molecule has 12 heteroatoms. The molecule has 2 unspecified atom stereocenters. The number of carbonyl (C=O) groups is 2. The van der Waals surface area contributed by atoms with Crippen LogP contribution in [-0.4, -0.2) is 62.5 Å². The highest BCUT2D eigenvalue weighted by Crippen LogP contribution is 2.34. The van der Waals surface area contributed by atoms with Crippen molar-refractivity contribution in [3.8, 4) is 0 Å². The van der Waals surface area contributed by atoms with Gasteiger partial charge in [0.25, 0.3) is 0 Å². The summed E-state index contributed by atoms with van der Waals surface area (Å²) in [4.78, 5) is 32.6. The van der Waals surface area contributed by atoms with Crippen LogP contribution < -0.4 is 11.1 Å². The molecule has 0 aromatic carbocycles. The van der Waals surface area contributed by atoms with Crippen LogP contribution in [0.3, 0.4) is 0 Å². The van der Waals surface area contributed by atoms with Gasteiger partial charge in [-0.3, -0.25) is 14.3 Å². The van der Waals surface area contributed by atoms with Crippen molar-refractivity contribution in [3.05, 3.63) is 29.8 Å². The molecule has 3 N–H and O–H groups in total. The molecule has 37 heavy (non-hydrogen) atoms. The van der Waals surface area contributed by atoms with Gasteiger partial charge in [0, 0.05) is 28.3 Å². The summed E-state index contributed by atoms with van der Waals surface area (Å²) < 4.78 is 9.31. The van der Waals surface area contributed by atoms with Crippen molar-refractivity contribution >= 4 is 42.3 Å². The minimum Gasteiger partial charge on any atom is -0.383 e. The number of amides is 2. The lowest BCUT2D eigenvalue weighted by Crippen LogP contribution is -2.47. The molecule has 2 amide bonds. The fraction of sp³-hybridized carbons (Fsp3) is 0.560. The number of aryl methyl sites for hydroxylation is 2. The molecule has 4 rings (SSSR count). The number of aromatic nitrogens is 5. The van der Waals surface area contributed by atoms with Crippen molar-refractivity contribution in [2.24, 2.45) is 13.0 Å². The van der Waals surface area contributed by atoms with Crippen molar-refractivity contribution < 1.29 is 14.3 Å². The SMILES string of the molecule is Cc1cc(C2CCC(C)CN2C(=O)C(=O)Nc2cnc(N)c3cnn(COCC[Si](C)(C)C)c23)n(C)n1. The Kier molecular flexibility index (Phi) is 7.69. The van der Waals surface area contributed by atoms with Gasteiger partial charge in [-0.05, 0) is 37.8 Å². The molecule has 0 aliphatic carbocycles. The lowest BCUT2D eigenvalue weighted by molar-refractivity contribution is -0.146. The summed E-state index contributed by atoms with van der Waals surface area (Å²) in [7, 11) is 0.637. The Morgan fingerprint density at radius 1 is 1.24 bits per heavy atom. The third-order valence-corrected chi connectivity index (χ3v) is 8.52. The molecule has 1 saturated heterocycles. The van der Waals surface area contributed by atoms with Crippen molar-refractivity contribution in [1.82, 2.24) is 29.4 Å². The molecule has 1 aliphatic heterocycles. The first kappa shape index (κ1) is 26.8. The van der Waals surface area contributed by atoms with Crippen LogP contribution in [0.15, 0.2) is 18.5 Å². The maximum atomic E-state index is 13.5. The number of nitrogens with two attached hydrogens (primary N) is 1. The van der Waals surface area contributed by atoms with E-state index in [4.69, 9.17) is 10.5 Å². The first-order chi connectivity index (χ1) is 17.4. The number of hydrogen-bond donors (Lipinski definition) is 2. The fourth-order valence-corrected chi connectivity index (χ4v) is 5.53. The Morgan fingerprint density at radius 2 is 2.00 bits per heavy atom. The normalized spacial score (nSPS) is 18.4. The predicted octanol–water partition coefficient (Wildman–Crippen LogP) is 3.31. The van der Waals surface area contributed by atoms with E-state index in [0.29, 0.717) is 41.5 Å². The number of nitrogens with zero attached hydrogens (tertiary/aromatic N) is 6. The smallest absolute Gasteiger partial charge is 0.314 e. The molecular formula is C25H38N8O3Si. The van der Waals surface area contributed by atoms with Crippen molar-refractivity contribution in [1.29, 1.82) is 0 Å². The van der Waals surface area contributed by atoms with Crippen LogP contribution in [-0.2, 0) is 28.1 Å². The summed E-state index contributed by atoms with van der Waals surface area (Å²) in [5.74, 6) is -0.720. The molecule has 0 radical (unpaired) electrons. The zero-order chi connectivity index (χ0) is 26.9. The van der Waals surface area contributed by atoms with Crippen molar-refractivity contribution in [2.75, 3.05) is 24.2 Å². The summed E-state index contributed by atoms with van der Waals surface area (Å²) in [6.45, 7) is 12.2. The van der Waals surface area contributed by atoms with E-state index in [1.165, 1.54) is 6.20 Å². The number of nitrogens with one attached hydrogen (secondary N) is 1. The number of carbonyl (C=O) groups excluding carboxylic acids is 2. The number of anilines is 2. The molecule has 1 aliphatic rings. The van der Waals surface area contributed by atoms with Crippen LogP contribution in [0.25, 0.3) is 10.9 Å². The van der Waals surface area contributed by atoms with E-state index in [9.17, 15) is 9.59 Å². The molecule has 200 valence electrons. The molecule has 2 atom stereocenters. The first-order valence-electron chi connectivity index (χ1n) is 12.7. The lowest BCUT2D eigenvalue weighted by Gasteiger charge is -2.38. The van der Waals surface area contributed by atoms with Gasteiger partial charge < -0.3 is 20.7 Å². The summed E-state index contributed by atoms with van der Waals surface area (Å²) in [6, 6.07) is 2.79. The standard InChI is InChI=1S/C25H38N8O3Si/c1-16-7-8-20(21-11-17(2)30-31(21)3)32(14-16)25(35)24(34)29-19-13-27-23(26)18-12-28-33(22(18)19)15-36-9-10-37(4,5)6/h11-13,16,20H,7-10,14-15H2,1-6H3,(H2,26,27)(H,29,34). The zero-order valence-electron chi connectivity index (χ0n) is 22.6. The molecule has 3 aromatic heterocycles. The number of ether oxygens (including phenoxy) is 1. The highest BCUT2D eigenvalue weighted by atomic mass is 28.3. The lowest BCUT2D eigenvalue weighted by atomic mass is 9.92. The zero-order valence-corrected chi connectivity index (χ0v) is 23.6. The van der Waals surface area contributed by atoms with E-state index in [-0.39, 0.29) is 12.8 Å². The van der Waals surface area contributed by atoms with Gasteiger partial charge in [0.2, 0.25) is 0 Å². The molecule has 0 saturated carbocycles. The highest BCUT2D eigenvalue weighted by Gasteiger charge is 2.36. The number of nitrogen functional groups attached to an aromatic ring is 1. The van der Waals surface area contributed by atoms with Gasteiger partial charge in [-0.2, -0.15) is 10.2 Å². The van der Waals surface area contributed by atoms with Gasteiger partial charge >= 0.3 is 11.8 Å². The highest BCUT2D eigenvalue weighted by molar-refractivity contribution is 6.76. The summed E-state index contributed by atoms with van der Waals surface area (Å²) in [5, 5.41) is 12.2. The third-order valence-electron chi connectivity index (χ3n) is 6.81. The van der Waals surface area contributed by atoms with E-state index in [2.05, 4.69) is 47.1 Å². The van der Waals surface area contributed by atoms with Gasteiger partial charge in [0.1, 0.15) is 12.5 Å². The second kappa shape index (κ2) is 10.6. The number of hydrogen-bond acceptors (Lipinski definition) is 7. The fourth-order valence-electron chi connectivity index (χ4n) is 4.77. The van der Waals surface area contributed by atoms with Crippen LogP contribution in [0.5, 0.6) is 0 Å². The van der Waals surface area contributed by atoms with Gasteiger partial charge in [-0.15, -0.1) is 0 Å². The maximum absolute atomic E-state index is 13.5.